The van der Waals surface area contributed by atoms with Crippen LogP contribution >= 0.6 is 0 Å². The Hall–Kier alpha value is -1.90. The molecule has 0 aliphatic heterocycles. The Morgan fingerprint density at radius 1 is 1.22 bits per heavy atom. The van der Waals surface area contributed by atoms with Gasteiger partial charge in [-0.2, -0.15) is 0 Å². The van der Waals surface area contributed by atoms with Crippen LogP contribution < -0.4 is 4.74 Å². The predicted molar refractivity (Wildman–Crippen MR) is 68.2 cm³/mol. The van der Waals surface area contributed by atoms with E-state index in [1.165, 1.54) is 37.6 Å². The summed E-state index contributed by atoms with van der Waals surface area (Å²) < 4.78 is 18.5. The molecule has 0 radical (unpaired) electrons. The van der Waals surface area contributed by atoms with Crippen molar-refractivity contribution in [3.8, 4) is 17.0 Å². The number of nitrogens with zero attached hydrogens (tertiary/aromatic N) is 1. The Bertz CT molecular complexity index is 561. The maximum atomic E-state index is 13.4. The van der Waals surface area contributed by atoms with Gasteiger partial charge in [0.25, 0.3) is 0 Å². The molecule has 1 aliphatic rings. The quantitative estimate of drug-likeness (QED) is 0.818. The number of benzene rings is 1. The molecule has 1 saturated carbocycles. The van der Waals surface area contributed by atoms with Crippen LogP contribution in [-0.2, 0) is 0 Å². The number of halogens is 1. The molecule has 92 valence electrons. The molecule has 0 saturated heterocycles. The second-order valence-electron chi connectivity index (χ2n) is 4.63. The average molecular weight is 243 g/mol. The molecule has 1 aromatic carbocycles. The Balaban J connectivity index is 1.95. The van der Waals surface area contributed by atoms with Crippen molar-refractivity contribution in [2.75, 3.05) is 7.11 Å². The zero-order valence-corrected chi connectivity index (χ0v) is 10.2. The van der Waals surface area contributed by atoms with E-state index in [9.17, 15) is 4.39 Å². The van der Waals surface area contributed by atoms with Gasteiger partial charge in [-0.1, -0.05) is 6.07 Å². The van der Waals surface area contributed by atoms with Gasteiger partial charge < -0.3 is 4.74 Å². The minimum absolute atomic E-state index is 0.308. The van der Waals surface area contributed by atoms with E-state index in [0.717, 1.165) is 11.3 Å². The number of pyridine rings is 1. The van der Waals surface area contributed by atoms with E-state index < -0.39 is 0 Å². The van der Waals surface area contributed by atoms with Gasteiger partial charge in [-0.25, -0.2) is 4.39 Å². The van der Waals surface area contributed by atoms with Crippen molar-refractivity contribution in [3.63, 3.8) is 0 Å². The molecule has 0 spiro atoms. The Morgan fingerprint density at radius 3 is 2.67 bits per heavy atom. The number of hydrogen-bond donors (Lipinski definition) is 0. The van der Waals surface area contributed by atoms with Crippen molar-refractivity contribution in [2.24, 2.45) is 0 Å². The second kappa shape index (κ2) is 4.41. The third kappa shape index (κ3) is 2.21. The van der Waals surface area contributed by atoms with E-state index in [0.29, 0.717) is 11.7 Å². The molecule has 0 atom stereocenters. The fraction of sp³-hybridized carbons (Fsp3) is 0.267. The van der Waals surface area contributed by atoms with Crippen LogP contribution in [0.1, 0.15) is 24.3 Å². The van der Waals surface area contributed by atoms with Gasteiger partial charge in [-0.05, 0) is 42.5 Å². The van der Waals surface area contributed by atoms with E-state index >= 15 is 0 Å². The van der Waals surface area contributed by atoms with E-state index in [4.69, 9.17) is 4.74 Å². The molecule has 3 rings (SSSR count). The lowest BCUT2D eigenvalue weighted by Gasteiger charge is -2.06. The van der Waals surface area contributed by atoms with Gasteiger partial charge in [-0.15, -0.1) is 0 Å². The van der Waals surface area contributed by atoms with Gasteiger partial charge in [-0.3, -0.25) is 4.98 Å². The molecular formula is C15H14FNO. The molecule has 1 aromatic heterocycles. The molecule has 0 bridgehead atoms. The molecule has 2 aromatic rings. The molecule has 0 amide bonds. The van der Waals surface area contributed by atoms with Crippen molar-refractivity contribution in [3.05, 3.63) is 47.9 Å². The highest BCUT2D eigenvalue weighted by atomic mass is 19.1. The lowest BCUT2D eigenvalue weighted by Crippen LogP contribution is -1.90. The van der Waals surface area contributed by atoms with Crippen molar-refractivity contribution in [2.45, 2.75) is 18.8 Å². The lowest BCUT2D eigenvalue weighted by atomic mass is 10.1. The zero-order chi connectivity index (χ0) is 12.5. The summed E-state index contributed by atoms with van der Waals surface area (Å²) >= 11 is 0. The standard InChI is InChI=1S/C15H14FNO/c1-18-14-7-12(6-13(16)8-14)15-5-4-11(9-17-15)10-2-3-10/h4-10H,2-3H2,1H3. The van der Waals surface area contributed by atoms with Crippen molar-refractivity contribution in [1.82, 2.24) is 4.98 Å². The van der Waals surface area contributed by atoms with Gasteiger partial charge >= 0.3 is 0 Å². The van der Waals surface area contributed by atoms with Gasteiger partial charge in [0.2, 0.25) is 0 Å². The normalized spacial score (nSPS) is 14.6. The molecule has 18 heavy (non-hydrogen) atoms. The second-order valence-corrected chi connectivity index (χ2v) is 4.63. The monoisotopic (exact) mass is 243 g/mol. The smallest absolute Gasteiger partial charge is 0.127 e. The summed E-state index contributed by atoms with van der Waals surface area (Å²) in [5.41, 5.74) is 2.80. The first-order valence-electron chi connectivity index (χ1n) is 6.07. The summed E-state index contributed by atoms with van der Waals surface area (Å²) in [6.07, 6.45) is 4.41. The van der Waals surface area contributed by atoms with Crippen LogP contribution in [-0.4, -0.2) is 12.1 Å². The van der Waals surface area contributed by atoms with E-state index in [1.807, 2.05) is 12.3 Å². The highest BCUT2D eigenvalue weighted by Crippen LogP contribution is 2.40. The number of methoxy groups -OCH3 is 1. The molecule has 1 aliphatic carbocycles. The van der Waals surface area contributed by atoms with E-state index in [-0.39, 0.29) is 5.82 Å². The minimum atomic E-state index is -0.308. The highest BCUT2D eigenvalue weighted by Gasteiger charge is 2.23. The number of aromatic nitrogens is 1. The largest absolute Gasteiger partial charge is 0.497 e. The van der Waals surface area contributed by atoms with E-state index in [1.54, 1.807) is 6.07 Å². The van der Waals surface area contributed by atoms with Gasteiger partial charge in [0.1, 0.15) is 11.6 Å². The Morgan fingerprint density at radius 2 is 2.06 bits per heavy atom. The van der Waals surface area contributed by atoms with Crippen LogP contribution in [0.25, 0.3) is 11.3 Å². The van der Waals surface area contributed by atoms with Crippen LogP contribution in [0.4, 0.5) is 4.39 Å². The molecule has 1 heterocycles. The SMILES string of the molecule is COc1cc(F)cc(-c2ccc(C3CC3)cn2)c1. The summed E-state index contributed by atoms with van der Waals surface area (Å²) in [7, 11) is 1.53. The first kappa shape index (κ1) is 11.2. The van der Waals surface area contributed by atoms with Crippen LogP contribution in [0.5, 0.6) is 5.75 Å². The lowest BCUT2D eigenvalue weighted by molar-refractivity contribution is 0.411. The topological polar surface area (TPSA) is 22.1 Å². The van der Waals surface area contributed by atoms with Crippen LogP contribution in [0, 0.1) is 5.82 Å². The first-order valence-corrected chi connectivity index (χ1v) is 6.07. The van der Waals surface area contributed by atoms with Crippen LogP contribution in [0.3, 0.4) is 0 Å². The molecule has 3 heteroatoms. The number of ether oxygens (including phenoxy) is 1. The molecular weight excluding hydrogens is 229 g/mol. The molecule has 0 unspecified atom stereocenters. The summed E-state index contributed by atoms with van der Waals surface area (Å²) in [4.78, 5) is 4.40. The summed E-state index contributed by atoms with van der Waals surface area (Å²) in [6.45, 7) is 0. The maximum absolute atomic E-state index is 13.4. The molecule has 2 nitrogen and oxygen atoms in total. The summed E-state index contributed by atoms with van der Waals surface area (Å²) in [5, 5.41) is 0. The third-order valence-corrected chi connectivity index (χ3v) is 3.24. The predicted octanol–water partition coefficient (Wildman–Crippen LogP) is 3.77. The molecule has 1 fully saturated rings. The average Bonchev–Trinajstić information content (AvgIpc) is 3.22. The molecule has 0 N–H and O–H groups in total. The zero-order valence-electron chi connectivity index (χ0n) is 10.2. The fourth-order valence-corrected chi connectivity index (χ4v) is 2.06. The summed E-state index contributed by atoms with van der Waals surface area (Å²) in [5.74, 6) is 0.893. The van der Waals surface area contributed by atoms with Crippen molar-refractivity contribution in [1.29, 1.82) is 0 Å². The minimum Gasteiger partial charge on any atom is -0.497 e. The Labute approximate surface area is 105 Å². The van der Waals surface area contributed by atoms with E-state index in [2.05, 4.69) is 11.1 Å². The number of hydrogen-bond acceptors (Lipinski definition) is 2. The maximum Gasteiger partial charge on any atom is 0.127 e. The van der Waals surface area contributed by atoms with Gasteiger partial charge in [0, 0.05) is 17.8 Å². The van der Waals surface area contributed by atoms with Crippen LogP contribution in [0.15, 0.2) is 36.5 Å². The first-order chi connectivity index (χ1) is 8.76. The number of rotatable bonds is 3. The summed E-state index contributed by atoms with van der Waals surface area (Å²) in [6, 6.07) is 8.66. The third-order valence-electron chi connectivity index (χ3n) is 3.24. The van der Waals surface area contributed by atoms with Crippen molar-refractivity contribution < 1.29 is 9.13 Å². The highest BCUT2D eigenvalue weighted by molar-refractivity contribution is 5.61. The van der Waals surface area contributed by atoms with Crippen LogP contribution in [0.2, 0.25) is 0 Å². The fourth-order valence-electron chi connectivity index (χ4n) is 2.06. The van der Waals surface area contributed by atoms with Crippen molar-refractivity contribution >= 4 is 0 Å². The Kier molecular flexibility index (Phi) is 2.74. The van der Waals surface area contributed by atoms with Gasteiger partial charge in [0.05, 0.1) is 12.8 Å². The van der Waals surface area contributed by atoms with Gasteiger partial charge in [0.15, 0.2) is 0 Å².